The lowest BCUT2D eigenvalue weighted by molar-refractivity contribution is -0.0844. The Morgan fingerprint density at radius 2 is 0.688 bits per heavy atom. The van der Waals surface area contributed by atoms with E-state index < -0.39 is 122 Å². The minimum Gasteiger partial charge on any atom is -0.490 e. The maximum atomic E-state index is 15.5. The molecule has 6 aromatic rings. The van der Waals surface area contributed by atoms with Crippen LogP contribution in [0.25, 0.3) is 0 Å². The lowest BCUT2D eigenvalue weighted by Gasteiger charge is -2.59. The molecular weight excluding hydrogens is 1420 g/mol. The molecule has 8 atom stereocenters. The van der Waals surface area contributed by atoms with Crippen molar-refractivity contribution in [2.45, 2.75) is 112 Å². The third kappa shape index (κ3) is 11.1. The number of benzene rings is 6. The normalized spacial score (nSPS) is 31.8. The average molecular weight is 1490 g/mol. The summed E-state index contributed by atoms with van der Waals surface area (Å²) >= 11 is 17.9. The van der Waals surface area contributed by atoms with Gasteiger partial charge >= 0.3 is 7.60 Å². The Labute approximate surface area is 569 Å². The predicted molar refractivity (Wildman–Crippen MR) is 352 cm³/mol. The van der Waals surface area contributed by atoms with Crippen molar-refractivity contribution in [2.24, 2.45) is 34.0 Å². The Bertz CT molecular complexity index is 4530. The Morgan fingerprint density at radius 1 is 0.396 bits per heavy atom. The van der Waals surface area contributed by atoms with Crippen molar-refractivity contribution in [1.82, 2.24) is 0 Å². The molecule has 3 spiro atoms. The van der Waals surface area contributed by atoms with E-state index in [1.165, 1.54) is 79.5 Å². The van der Waals surface area contributed by atoms with E-state index in [-0.39, 0.29) is 113 Å². The number of hydrogen-bond donors (Lipinski definition) is 0. The fraction of sp³-hybridized carbons (Fsp3) is 0.456. The summed E-state index contributed by atoms with van der Waals surface area (Å²) in [7, 11) is -18.1. The van der Waals surface area contributed by atoms with Gasteiger partial charge in [-0.2, -0.15) is 0 Å². The zero-order valence-electron chi connectivity index (χ0n) is 52.2. The lowest BCUT2D eigenvalue weighted by atomic mass is 9.51. The van der Waals surface area contributed by atoms with E-state index in [0.717, 1.165) is 62.1 Å². The molecule has 5 aliphatic heterocycles. The number of ether oxygens (including phenoxy) is 3. The molecule has 28 heteroatoms. The molecule has 4 aliphatic carbocycles. The molecule has 0 N–H and O–H groups in total. The highest BCUT2D eigenvalue weighted by Crippen LogP contribution is 2.69. The summed E-state index contributed by atoms with van der Waals surface area (Å²) in [6, 6.07) is 23.2. The van der Waals surface area contributed by atoms with Gasteiger partial charge in [-0.3, -0.25) is 4.57 Å². The molecule has 9 aliphatic rings. The van der Waals surface area contributed by atoms with Crippen LogP contribution in [0.15, 0.2) is 124 Å². The first-order valence-corrected chi connectivity index (χ1v) is 41.4. The Balaban J connectivity index is 0.000000131. The largest absolute Gasteiger partial charge is 0.490 e. The minimum absolute atomic E-state index is 0.00995. The van der Waals surface area contributed by atoms with Gasteiger partial charge in [0.2, 0.25) is 0 Å². The number of halogens is 9. The van der Waals surface area contributed by atoms with Gasteiger partial charge in [-0.25, -0.2) is 51.6 Å². The molecule has 4 saturated carbocycles. The van der Waals surface area contributed by atoms with Crippen molar-refractivity contribution < 1.29 is 88.5 Å². The predicted octanol–water partition coefficient (Wildman–Crippen LogP) is 16.8. The van der Waals surface area contributed by atoms with Crippen LogP contribution in [0.5, 0.6) is 17.2 Å². The molecule has 2 saturated heterocycles. The smallest absolute Gasteiger partial charge is 0.327 e. The van der Waals surface area contributed by atoms with E-state index in [0.29, 0.717) is 60.2 Å². The van der Waals surface area contributed by atoms with Gasteiger partial charge < -0.3 is 32.3 Å². The van der Waals surface area contributed by atoms with Crippen molar-refractivity contribution in [3.05, 3.63) is 176 Å². The second-order valence-electron chi connectivity index (χ2n) is 27.0. The molecule has 6 fully saturated rings. The summed E-state index contributed by atoms with van der Waals surface area (Å²) < 4.78 is 224. The van der Waals surface area contributed by atoms with E-state index in [1.54, 1.807) is 0 Å². The first-order chi connectivity index (χ1) is 45.4. The Hall–Kier alpha value is -4.61. The summed E-state index contributed by atoms with van der Waals surface area (Å²) in [4.78, 5) is 0.0415. The van der Waals surface area contributed by atoms with Crippen molar-refractivity contribution in [3.63, 3.8) is 0 Å². The molecule has 5 heterocycles. The van der Waals surface area contributed by atoms with Crippen molar-refractivity contribution >= 4 is 85.5 Å². The first kappa shape index (κ1) is 69.9. The van der Waals surface area contributed by atoms with Gasteiger partial charge in [-0.15, -0.1) is 0 Å². The van der Waals surface area contributed by atoms with Gasteiger partial charge in [0, 0.05) is 57.0 Å². The Morgan fingerprint density at radius 3 is 1.04 bits per heavy atom. The zero-order valence-corrected chi connectivity index (χ0v) is 58.7. The third-order valence-electron chi connectivity index (χ3n) is 22.1. The quantitative estimate of drug-likeness (QED) is 0.113. The van der Waals surface area contributed by atoms with Gasteiger partial charge in [-0.05, 0) is 172 Å². The first-order valence-electron chi connectivity index (χ1n) is 31.6. The molecule has 516 valence electrons. The molecule has 0 radical (unpaired) electrons. The summed E-state index contributed by atoms with van der Waals surface area (Å²) in [5.74, 6) is -7.60. The van der Waals surface area contributed by atoms with E-state index >= 15 is 13.2 Å². The fourth-order valence-electron chi connectivity index (χ4n) is 17.5. The van der Waals surface area contributed by atoms with E-state index in [9.17, 15) is 43.0 Å². The van der Waals surface area contributed by atoms with Crippen LogP contribution in [-0.4, -0.2) is 91.1 Å². The maximum Gasteiger partial charge on any atom is 0.327 e. The number of rotatable bonds is 6. The van der Waals surface area contributed by atoms with Crippen LogP contribution in [0.2, 0.25) is 15.1 Å². The van der Waals surface area contributed by atoms with Crippen LogP contribution in [0.3, 0.4) is 0 Å². The van der Waals surface area contributed by atoms with Crippen LogP contribution in [0.1, 0.15) is 100 Å². The molecule has 1 unspecified atom stereocenters. The van der Waals surface area contributed by atoms with Crippen LogP contribution in [0.4, 0.5) is 26.3 Å². The van der Waals surface area contributed by atoms with Gasteiger partial charge in [0.05, 0.1) is 77.6 Å². The van der Waals surface area contributed by atoms with E-state index in [1.807, 2.05) is 6.66 Å². The highest BCUT2D eigenvalue weighted by molar-refractivity contribution is 7.93. The third-order valence-corrected chi connectivity index (χ3v) is 33.1. The second kappa shape index (κ2) is 25.2. The van der Waals surface area contributed by atoms with Gasteiger partial charge in [0.25, 0.3) is 0 Å². The molecule has 14 nitrogen and oxygen atoms in total. The number of fused-ring (bicyclic) bond motifs is 12. The van der Waals surface area contributed by atoms with Crippen LogP contribution in [0, 0.1) is 68.9 Å². The maximum absolute atomic E-state index is 15.5. The average Bonchev–Trinajstić information content (AvgIpc) is 0.772. The lowest BCUT2D eigenvalue weighted by Crippen LogP contribution is -2.61. The van der Waals surface area contributed by atoms with Gasteiger partial charge in [-0.1, -0.05) is 66.8 Å². The van der Waals surface area contributed by atoms with Crippen molar-refractivity contribution in [1.29, 1.82) is 0 Å². The highest BCUT2D eigenvalue weighted by atomic mass is 35.5. The molecule has 0 bridgehead atoms. The number of sulfone groups is 3. The molecule has 6 aromatic carbocycles. The SMILES string of the molecule is C=P1(C)OCC[C@]2(CCC[C@@]3(S(=O)(=O)c4ccc(Cl)cc4)c4c(F)ccc(F)c4OC[C@@H]23)CO1.CP1(=O)OCC2(CCC[C@@]3(S(=O)(=O)c4ccc(Cl)cc4)c4c(F)ccc(F)c4OC[C@@H]23)CO1.O=S(=O)(c1ccc(Cl)cc1)[C@@]12CCCC3(CCC3)[C@@H]1COc1c(F)ccc(F)c12. The monoisotopic (exact) mass is 1490 g/mol. The summed E-state index contributed by atoms with van der Waals surface area (Å²) in [5, 5.41) is 1.15. The van der Waals surface area contributed by atoms with E-state index in [4.69, 9.17) is 67.1 Å². The molecule has 0 amide bonds. The summed E-state index contributed by atoms with van der Waals surface area (Å²) in [6.07, 6.45) is 11.4. The van der Waals surface area contributed by atoms with Crippen molar-refractivity contribution in [2.75, 3.05) is 59.6 Å². The van der Waals surface area contributed by atoms with Crippen molar-refractivity contribution in [3.8, 4) is 17.2 Å². The standard InChI is InChI=1S/C24H26ClF2O5PS.C22H22ClF2O6PS.C22H21ClF2O3S/c1-33(2)31-13-12-23(15-32-33)10-3-11-24(34(28,29)17-6-4-16(25)5-7-17)20(23)14-30-22-19(27)9-8-18(26)21(22)24;1-32(26)30-12-21(13-31-32)9-2-10-22(33(27,28)15-5-3-14(23)4-6-15)18(21)11-29-20-17(25)8-7-16(24)19(20)22;23-14-3-5-15(6-4-14)29(26,27)22-12-2-11-21(9-1-10-21)18(22)13-28-20-17(25)8-7-16(24)19(20)22/h4-9,20H,1,3,10-15H2,2H3;3-8,18H,2,9-13H2,1H3;3-8,18H,1-2,9-13H2/t20-,23+,24-,33?;18-,21?,22-,32?;18-,22-/m000/s1. The van der Waals surface area contributed by atoms with E-state index in [2.05, 4.69) is 6.30 Å². The Kier molecular flexibility index (Phi) is 18.3. The second-order valence-corrected chi connectivity index (χ2v) is 39.6. The van der Waals surface area contributed by atoms with Crippen LogP contribution in [-0.2, 0) is 66.4 Å². The molecule has 96 heavy (non-hydrogen) atoms. The molecule has 0 aromatic heterocycles. The zero-order chi connectivity index (χ0) is 68.4. The van der Waals surface area contributed by atoms with Crippen LogP contribution < -0.4 is 14.2 Å². The fourth-order valence-corrected chi connectivity index (χ4v) is 27.4. The van der Waals surface area contributed by atoms with Gasteiger partial charge in [0.1, 0.15) is 39.0 Å². The summed E-state index contributed by atoms with van der Waals surface area (Å²) in [5.41, 5.74) is -2.43. The molecule has 15 rings (SSSR count). The van der Waals surface area contributed by atoms with Gasteiger partial charge in [0.15, 0.2) is 64.2 Å². The number of hydrogen-bond acceptors (Lipinski definition) is 14. The topological polar surface area (TPSA) is 184 Å². The minimum atomic E-state index is -4.28. The molecular formula is C68H69Cl3F6O14P2S3. The highest BCUT2D eigenvalue weighted by Gasteiger charge is 2.69. The van der Waals surface area contributed by atoms with Crippen LogP contribution >= 0.6 is 49.7 Å². The summed E-state index contributed by atoms with van der Waals surface area (Å²) in [6.45, 7) is 3.50.